The van der Waals surface area contributed by atoms with Gasteiger partial charge in [-0.2, -0.15) is 0 Å². The van der Waals surface area contributed by atoms with Crippen LogP contribution in [0.1, 0.15) is 91.0 Å². The molecule has 13 rings (SSSR count). The average Bonchev–Trinajstić information content (AvgIpc) is 3.66. The first-order valence-corrected chi connectivity index (χ1v) is 27.2. The van der Waals surface area contributed by atoms with E-state index in [9.17, 15) is 0 Å². The maximum absolute atomic E-state index is 6.69. The van der Waals surface area contributed by atoms with Gasteiger partial charge < -0.3 is 23.7 Å². The van der Waals surface area contributed by atoms with Gasteiger partial charge in [0.2, 0.25) is 0 Å². The van der Waals surface area contributed by atoms with Crippen LogP contribution in [0.2, 0.25) is 0 Å². The second-order valence-corrected chi connectivity index (χ2v) is 24.5. The van der Waals surface area contributed by atoms with Crippen molar-refractivity contribution in [3.63, 3.8) is 0 Å². The molecule has 1 aromatic heterocycles. The number of hydrogen-bond donors (Lipinski definition) is 0. The van der Waals surface area contributed by atoms with Gasteiger partial charge in [-0.25, -0.2) is 0 Å². The van der Waals surface area contributed by atoms with Crippen molar-refractivity contribution in [3.8, 4) is 44.9 Å². The smallest absolute Gasteiger partial charge is 0.252 e. The maximum Gasteiger partial charge on any atom is 0.252 e. The molecule has 10 aromatic rings. The van der Waals surface area contributed by atoms with Crippen molar-refractivity contribution in [2.45, 2.75) is 91.9 Å². The number of nitrogens with zero attached hydrogens (tertiary/aromatic N) is 2. The molecule has 0 amide bonds. The first-order chi connectivity index (χ1) is 36.5. The Kier molecular flexibility index (Phi) is 11.0. The number of para-hydroxylation sites is 2. The number of anilines is 6. The third kappa shape index (κ3) is 8.07. The van der Waals surface area contributed by atoms with Crippen molar-refractivity contribution in [2.75, 3.05) is 23.0 Å². The van der Waals surface area contributed by atoms with Gasteiger partial charge in [-0.3, -0.25) is 0 Å². The average molecular weight is 993 g/mol. The van der Waals surface area contributed by atoms with Crippen LogP contribution < -0.4 is 35.7 Å². The predicted octanol–water partition coefficient (Wildman–Crippen LogP) is 17.0. The first-order valence-electron chi connectivity index (χ1n) is 27.2. The molecule has 6 heteroatoms. The molecule has 0 aliphatic carbocycles. The Morgan fingerprint density at radius 3 is 1.68 bits per heavy atom. The van der Waals surface area contributed by atoms with E-state index in [2.05, 4.69) is 243 Å². The number of fused-ring (bicyclic) bond motifs is 8. The molecule has 76 heavy (non-hydrogen) atoms. The molecule has 0 radical (unpaired) electrons. The highest BCUT2D eigenvalue weighted by molar-refractivity contribution is 7.00. The summed E-state index contributed by atoms with van der Waals surface area (Å²) in [6.07, 6.45) is 0.823. The topological polar surface area (TPSA) is 38.1 Å². The summed E-state index contributed by atoms with van der Waals surface area (Å²) in [5, 5.41) is 2.25. The van der Waals surface area contributed by atoms with E-state index in [0.717, 1.165) is 96.2 Å². The largest absolute Gasteiger partial charge is 0.489 e. The SMILES string of the molecule is Cc1cc2c3c(c1)N(c1cccc4c1OCCCO4)c1ccc(C(C)(C)C)cc1B3c1ccc(-c3ccc4c(c3)oc3ccccc34)cc1N2c1cc(-c2ccc(C(C)(C)C)cc2)cc(-c2ccc(C(C)(C)C)cc2)c1. The molecule has 0 saturated heterocycles. The number of hydrogen-bond acceptors (Lipinski definition) is 5. The molecule has 0 N–H and O–H groups in total. The molecular weight excluding hydrogens is 928 g/mol. The molecule has 3 aliphatic rings. The Hall–Kier alpha value is -7.96. The van der Waals surface area contributed by atoms with Crippen LogP contribution in [-0.2, 0) is 16.2 Å². The van der Waals surface area contributed by atoms with Gasteiger partial charge in [0.15, 0.2) is 11.5 Å². The van der Waals surface area contributed by atoms with Crippen LogP contribution >= 0.6 is 0 Å². The van der Waals surface area contributed by atoms with Crippen LogP contribution in [-0.4, -0.2) is 19.9 Å². The molecule has 0 fully saturated rings. The van der Waals surface area contributed by atoms with E-state index in [1.807, 2.05) is 12.1 Å². The van der Waals surface area contributed by atoms with Crippen LogP contribution in [0.3, 0.4) is 0 Å². The molecule has 0 bridgehead atoms. The molecule has 5 nitrogen and oxygen atoms in total. The summed E-state index contributed by atoms with van der Waals surface area (Å²) in [7, 11) is 0. The zero-order chi connectivity index (χ0) is 52.4. The van der Waals surface area contributed by atoms with Crippen LogP contribution in [0, 0.1) is 6.92 Å². The zero-order valence-electron chi connectivity index (χ0n) is 45.6. The molecule has 3 aliphatic heterocycles. The lowest BCUT2D eigenvalue weighted by Gasteiger charge is -2.45. The van der Waals surface area contributed by atoms with Gasteiger partial charge in [-0.05, 0) is 168 Å². The van der Waals surface area contributed by atoms with Gasteiger partial charge in [-0.1, -0.05) is 165 Å². The molecule has 0 atom stereocenters. The Morgan fingerprint density at radius 2 is 1.00 bits per heavy atom. The molecular formula is C70H65BN2O3. The van der Waals surface area contributed by atoms with E-state index in [4.69, 9.17) is 13.9 Å². The first kappa shape index (κ1) is 47.7. The maximum atomic E-state index is 6.69. The molecule has 0 saturated carbocycles. The van der Waals surface area contributed by atoms with Gasteiger partial charge in [0, 0.05) is 45.6 Å². The molecule has 0 spiro atoms. The summed E-state index contributed by atoms with van der Waals surface area (Å²) < 4.78 is 19.6. The fourth-order valence-electron chi connectivity index (χ4n) is 12.0. The Bertz CT molecular complexity index is 3860. The summed E-state index contributed by atoms with van der Waals surface area (Å²) in [4.78, 5) is 5.04. The third-order valence-corrected chi connectivity index (χ3v) is 16.1. The van der Waals surface area contributed by atoms with Crippen molar-refractivity contribution in [3.05, 3.63) is 198 Å². The fraction of sp³-hybridized carbons (Fsp3) is 0.229. The summed E-state index contributed by atoms with van der Waals surface area (Å²) in [5.41, 5.74) is 24.2. The van der Waals surface area contributed by atoms with E-state index in [1.54, 1.807) is 0 Å². The second-order valence-electron chi connectivity index (χ2n) is 24.5. The van der Waals surface area contributed by atoms with Crippen LogP contribution in [0.5, 0.6) is 11.5 Å². The Balaban J connectivity index is 1.10. The minimum atomic E-state index is -0.0906. The highest BCUT2D eigenvalue weighted by Crippen LogP contribution is 2.51. The fourth-order valence-corrected chi connectivity index (χ4v) is 12.0. The van der Waals surface area contributed by atoms with Crippen LogP contribution in [0.15, 0.2) is 180 Å². The lowest BCUT2D eigenvalue weighted by atomic mass is 9.33. The van der Waals surface area contributed by atoms with Crippen molar-refractivity contribution < 1.29 is 13.9 Å². The third-order valence-electron chi connectivity index (χ3n) is 16.1. The van der Waals surface area contributed by atoms with Crippen molar-refractivity contribution in [1.29, 1.82) is 0 Å². The van der Waals surface area contributed by atoms with Crippen LogP contribution in [0.25, 0.3) is 55.3 Å². The van der Waals surface area contributed by atoms with Crippen LogP contribution in [0.4, 0.5) is 34.1 Å². The van der Waals surface area contributed by atoms with Gasteiger partial charge in [0.1, 0.15) is 11.2 Å². The number of furan rings is 1. The molecule has 376 valence electrons. The van der Waals surface area contributed by atoms with E-state index in [0.29, 0.717) is 13.2 Å². The molecule has 9 aromatic carbocycles. The summed E-state index contributed by atoms with van der Waals surface area (Å²) >= 11 is 0. The Morgan fingerprint density at radius 1 is 0.408 bits per heavy atom. The number of ether oxygens (including phenoxy) is 2. The quantitative estimate of drug-likeness (QED) is 0.161. The Labute approximate surface area is 448 Å². The van der Waals surface area contributed by atoms with Gasteiger partial charge in [-0.15, -0.1) is 0 Å². The molecule has 0 unspecified atom stereocenters. The number of aryl methyl sites for hydroxylation is 1. The minimum absolute atomic E-state index is 0.0306. The second kappa shape index (κ2) is 17.6. The minimum Gasteiger partial charge on any atom is -0.489 e. The van der Waals surface area contributed by atoms with E-state index in [1.165, 1.54) is 49.8 Å². The summed E-state index contributed by atoms with van der Waals surface area (Å²) in [6, 6.07) is 66.2. The van der Waals surface area contributed by atoms with E-state index in [-0.39, 0.29) is 23.0 Å². The highest BCUT2D eigenvalue weighted by Gasteiger charge is 2.45. The number of benzene rings is 9. The van der Waals surface area contributed by atoms with Gasteiger partial charge in [0.25, 0.3) is 6.71 Å². The highest BCUT2D eigenvalue weighted by atomic mass is 16.5. The summed E-state index contributed by atoms with van der Waals surface area (Å²) in [5.74, 6) is 1.56. The predicted molar refractivity (Wildman–Crippen MR) is 320 cm³/mol. The van der Waals surface area contributed by atoms with Crippen molar-refractivity contribution >= 4 is 79.2 Å². The summed E-state index contributed by atoms with van der Waals surface area (Å²) in [6.45, 7) is 24.0. The van der Waals surface area contributed by atoms with E-state index >= 15 is 0 Å². The van der Waals surface area contributed by atoms with Gasteiger partial charge in [0.05, 0.1) is 18.9 Å². The van der Waals surface area contributed by atoms with Crippen molar-refractivity contribution in [1.82, 2.24) is 0 Å². The van der Waals surface area contributed by atoms with E-state index < -0.39 is 0 Å². The lowest BCUT2D eigenvalue weighted by Crippen LogP contribution is -2.61. The monoisotopic (exact) mass is 993 g/mol. The van der Waals surface area contributed by atoms with Crippen molar-refractivity contribution in [2.24, 2.45) is 0 Å². The number of rotatable bonds is 5. The molecule has 4 heterocycles. The van der Waals surface area contributed by atoms with Gasteiger partial charge >= 0.3 is 0 Å². The zero-order valence-corrected chi connectivity index (χ0v) is 45.6. The normalized spacial score (nSPS) is 14.2. The standard InChI is InChI=1S/C70H65BN2O3/c1-43-35-61-66-62(36-43)73(59-16-13-18-64-67(59)75-34-14-33-74-64)58-32-29-52(70(8,9)10)42-57(58)71(66)56-31-24-46(47-23-30-55-54-15-11-12-17-63(54)76-65(55)41-47)40-60(56)72(61)53-38-48(44-19-25-50(26-20-44)68(2,3)4)37-49(39-53)45-21-27-51(28-22-45)69(5,6)7/h11-13,15-32,35-42H,14,33-34H2,1-10H3. The lowest BCUT2D eigenvalue weighted by molar-refractivity contribution is 0.297.